The minimum absolute atomic E-state index is 0.0174. The van der Waals surface area contributed by atoms with Crippen LogP contribution in [0, 0.1) is 0 Å². The van der Waals surface area contributed by atoms with E-state index in [0.717, 1.165) is 46.0 Å². The molecule has 1 spiro atoms. The zero-order valence-corrected chi connectivity index (χ0v) is 17.0. The molecule has 4 heterocycles. The number of ether oxygens (including phenoxy) is 2. The van der Waals surface area contributed by atoms with E-state index >= 15 is 0 Å². The molecule has 3 aliphatic heterocycles. The van der Waals surface area contributed by atoms with Crippen molar-refractivity contribution >= 4 is 11.6 Å². The van der Waals surface area contributed by atoms with Crippen molar-refractivity contribution in [3.63, 3.8) is 0 Å². The number of rotatable bonds is 3. The van der Waals surface area contributed by atoms with Gasteiger partial charge in [-0.2, -0.15) is 0 Å². The number of amides is 1. The van der Waals surface area contributed by atoms with Gasteiger partial charge >= 0.3 is 0 Å². The number of carbonyl (C=O) groups is 1. The van der Waals surface area contributed by atoms with Crippen LogP contribution in [0.25, 0.3) is 0 Å². The molecule has 0 aliphatic carbocycles. The minimum atomic E-state index is -0.829. The quantitative estimate of drug-likeness (QED) is 0.664. The molecule has 0 N–H and O–H groups in total. The Kier molecular flexibility index (Phi) is 3.58. The lowest BCUT2D eigenvalue weighted by Crippen LogP contribution is -2.42. The number of hydrogen-bond acceptors (Lipinski definition) is 5. The number of carbonyl (C=O) groups excluding carboxylic acids is 1. The fraction of sp³-hybridized carbons (Fsp3) is 0.333. The van der Waals surface area contributed by atoms with Crippen LogP contribution in [-0.4, -0.2) is 24.3 Å². The molecule has 152 valence electrons. The van der Waals surface area contributed by atoms with E-state index in [9.17, 15) is 4.79 Å². The summed E-state index contributed by atoms with van der Waals surface area (Å²) >= 11 is 0. The van der Waals surface area contributed by atoms with Gasteiger partial charge in [0.2, 0.25) is 5.91 Å². The van der Waals surface area contributed by atoms with Gasteiger partial charge in [-0.25, -0.2) is 0 Å². The van der Waals surface area contributed by atoms with Crippen LogP contribution in [0.1, 0.15) is 47.9 Å². The summed E-state index contributed by atoms with van der Waals surface area (Å²) in [5.41, 5.74) is 4.02. The van der Waals surface area contributed by atoms with Crippen LogP contribution in [0.15, 0.2) is 47.0 Å². The van der Waals surface area contributed by atoms with E-state index in [2.05, 4.69) is 25.1 Å². The molecular formula is C24H22N2O4. The number of fused-ring (bicyclic) bond motifs is 5. The molecule has 1 aromatic heterocycles. The Balaban J connectivity index is 1.46. The molecule has 3 aromatic rings. The molecule has 6 rings (SSSR count). The van der Waals surface area contributed by atoms with Crippen LogP contribution >= 0.6 is 0 Å². The van der Waals surface area contributed by atoms with Gasteiger partial charge in [-0.1, -0.05) is 37.2 Å². The first kappa shape index (κ1) is 17.6. The lowest BCUT2D eigenvalue weighted by atomic mass is 9.76. The van der Waals surface area contributed by atoms with Gasteiger partial charge < -0.3 is 18.9 Å². The standard InChI is InChI=1S/C24H22N2O4/c1-14(2)19-10-16(30-25-19)12-26-20-6-4-3-5-17(20)24(23(26)27)13-29-22-11-21-15(7-8-28-21)9-18(22)24/h3-6,9-11,14H,7-8,12-13H2,1-2H3. The third kappa shape index (κ3) is 2.24. The van der Waals surface area contributed by atoms with Crippen molar-refractivity contribution in [2.24, 2.45) is 0 Å². The summed E-state index contributed by atoms with van der Waals surface area (Å²) in [6, 6.07) is 14.0. The lowest BCUT2D eigenvalue weighted by molar-refractivity contribution is -0.122. The van der Waals surface area contributed by atoms with Gasteiger partial charge in [-0.05, 0) is 29.2 Å². The Labute approximate surface area is 174 Å². The molecule has 0 fully saturated rings. The van der Waals surface area contributed by atoms with E-state index in [1.807, 2.05) is 41.3 Å². The number of anilines is 1. The maximum atomic E-state index is 13.9. The van der Waals surface area contributed by atoms with Crippen LogP contribution in [-0.2, 0) is 23.2 Å². The first-order valence-corrected chi connectivity index (χ1v) is 10.4. The van der Waals surface area contributed by atoms with Crippen molar-refractivity contribution in [2.75, 3.05) is 18.1 Å². The summed E-state index contributed by atoms with van der Waals surface area (Å²) in [7, 11) is 0. The molecule has 2 aromatic carbocycles. The highest BCUT2D eigenvalue weighted by atomic mass is 16.5. The Morgan fingerprint density at radius 2 is 1.97 bits per heavy atom. The summed E-state index contributed by atoms with van der Waals surface area (Å²) in [5.74, 6) is 2.57. The van der Waals surface area contributed by atoms with Crippen LogP contribution in [0.2, 0.25) is 0 Å². The van der Waals surface area contributed by atoms with Crippen LogP contribution in [0.3, 0.4) is 0 Å². The van der Waals surface area contributed by atoms with Gasteiger partial charge in [0, 0.05) is 29.8 Å². The summed E-state index contributed by atoms with van der Waals surface area (Å²) in [5, 5.41) is 4.15. The predicted octanol–water partition coefficient (Wildman–Crippen LogP) is 3.96. The molecule has 3 aliphatic rings. The maximum Gasteiger partial charge on any atom is 0.246 e. The first-order valence-electron chi connectivity index (χ1n) is 10.4. The molecule has 0 saturated carbocycles. The number of para-hydroxylation sites is 1. The van der Waals surface area contributed by atoms with Crippen LogP contribution < -0.4 is 14.4 Å². The van der Waals surface area contributed by atoms with Gasteiger partial charge in [-0.15, -0.1) is 0 Å². The summed E-state index contributed by atoms with van der Waals surface area (Å²) in [6.45, 7) is 5.46. The highest BCUT2D eigenvalue weighted by Crippen LogP contribution is 2.54. The van der Waals surface area contributed by atoms with Crippen molar-refractivity contribution in [1.82, 2.24) is 5.16 Å². The fourth-order valence-electron chi connectivity index (χ4n) is 4.84. The molecule has 6 heteroatoms. The van der Waals surface area contributed by atoms with E-state index in [-0.39, 0.29) is 11.8 Å². The van der Waals surface area contributed by atoms with E-state index in [1.165, 1.54) is 0 Å². The van der Waals surface area contributed by atoms with Crippen molar-refractivity contribution < 1.29 is 18.8 Å². The molecule has 0 saturated heterocycles. The van der Waals surface area contributed by atoms with E-state index in [4.69, 9.17) is 14.0 Å². The van der Waals surface area contributed by atoms with Gasteiger partial charge in [-0.3, -0.25) is 4.79 Å². The van der Waals surface area contributed by atoms with E-state index in [0.29, 0.717) is 25.5 Å². The Morgan fingerprint density at radius 3 is 2.80 bits per heavy atom. The third-order valence-electron chi connectivity index (χ3n) is 6.44. The zero-order chi connectivity index (χ0) is 20.5. The van der Waals surface area contributed by atoms with E-state index < -0.39 is 5.41 Å². The topological polar surface area (TPSA) is 64.8 Å². The number of benzene rings is 2. The average Bonchev–Trinajstić information content (AvgIpc) is 3.51. The molecule has 0 radical (unpaired) electrons. The number of hydrogen-bond donors (Lipinski definition) is 0. The van der Waals surface area contributed by atoms with Gasteiger partial charge in [0.05, 0.1) is 18.8 Å². The summed E-state index contributed by atoms with van der Waals surface area (Å²) < 4.78 is 17.3. The summed E-state index contributed by atoms with van der Waals surface area (Å²) in [6.07, 6.45) is 0.855. The average molecular weight is 402 g/mol. The number of aromatic nitrogens is 1. The molecule has 0 bridgehead atoms. The van der Waals surface area contributed by atoms with Gasteiger partial charge in [0.15, 0.2) is 5.76 Å². The smallest absolute Gasteiger partial charge is 0.246 e. The van der Waals surface area contributed by atoms with Gasteiger partial charge in [0.25, 0.3) is 0 Å². The van der Waals surface area contributed by atoms with Crippen molar-refractivity contribution in [3.8, 4) is 11.5 Å². The lowest BCUT2D eigenvalue weighted by Gasteiger charge is -2.22. The Morgan fingerprint density at radius 1 is 1.10 bits per heavy atom. The normalized spacial score (nSPS) is 21.0. The molecule has 1 amide bonds. The zero-order valence-electron chi connectivity index (χ0n) is 17.0. The highest BCUT2D eigenvalue weighted by molar-refractivity contribution is 6.11. The van der Waals surface area contributed by atoms with E-state index in [1.54, 1.807) is 0 Å². The molecule has 30 heavy (non-hydrogen) atoms. The van der Waals surface area contributed by atoms with Crippen molar-refractivity contribution in [1.29, 1.82) is 0 Å². The van der Waals surface area contributed by atoms with Crippen molar-refractivity contribution in [2.45, 2.75) is 38.1 Å². The van der Waals surface area contributed by atoms with Gasteiger partial charge in [0.1, 0.15) is 23.5 Å². The summed E-state index contributed by atoms with van der Waals surface area (Å²) in [4.78, 5) is 15.8. The van der Waals surface area contributed by atoms with Crippen LogP contribution in [0.4, 0.5) is 5.69 Å². The van der Waals surface area contributed by atoms with Crippen molar-refractivity contribution in [3.05, 3.63) is 70.6 Å². The van der Waals surface area contributed by atoms with Crippen LogP contribution in [0.5, 0.6) is 11.5 Å². The largest absolute Gasteiger partial charge is 0.493 e. The Bertz CT molecular complexity index is 1180. The SMILES string of the molecule is CC(C)c1cc(CN2C(=O)C3(COc4cc5c(cc43)CCO5)c3ccccc32)on1. The minimum Gasteiger partial charge on any atom is -0.493 e. The third-order valence-corrected chi connectivity index (χ3v) is 6.44. The second-order valence-electron chi connectivity index (χ2n) is 8.53. The molecule has 6 nitrogen and oxygen atoms in total. The second kappa shape index (κ2) is 6.11. The fourth-order valence-corrected chi connectivity index (χ4v) is 4.84. The molecular weight excluding hydrogens is 380 g/mol. The number of nitrogens with zero attached hydrogens (tertiary/aromatic N) is 2. The molecule has 1 unspecified atom stereocenters. The predicted molar refractivity (Wildman–Crippen MR) is 110 cm³/mol. The highest BCUT2D eigenvalue weighted by Gasteiger charge is 2.57. The maximum absolute atomic E-state index is 13.9. The monoisotopic (exact) mass is 402 g/mol. The Hall–Kier alpha value is -3.28. The molecule has 1 atom stereocenters. The second-order valence-corrected chi connectivity index (χ2v) is 8.53. The first-order chi connectivity index (χ1) is 14.6.